The second-order valence-corrected chi connectivity index (χ2v) is 2.97. The number of alkyl halides is 2. The van der Waals surface area contributed by atoms with Gasteiger partial charge in [0.25, 0.3) is 12.3 Å². The van der Waals surface area contributed by atoms with E-state index in [9.17, 15) is 13.6 Å². The Kier molecular flexibility index (Phi) is 4.77. The number of H-pyrrole nitrogens is 1. The Labute approximate surface area is 90.4 Å². The summed E-state index contributed by atoms with van der Waals surface area (Å²) in [6, 6.07) is 0. The van der Waals surface area contributed by atoms with Crippen LogP contribution in [0.25, 0.3) is 0 Å². The van der Waals surface area contributed by atoms with Gasteiger partial charge >= 0.3 is 0 Å². The van der Waals surface area contributed by atoms with E-state index in [0.717, 1.165) is 0 Å². The first-order valence-corrected chi connectivity index (χ1v) is 4.62. The molecule has 0 atom stereocenters. The third kappa shape index (κ3) is 4.30. The van der Waals surface area contributed by atoms with Gasteiger partial charge in [0.2, 0.25) is 5.82 Å². The van der Waals surface area contributed by atoms with E-state index in [2.05, 4.69) is 25.2 Å². The van der Waals surface area contributed by atoms with Crippen molar-refractivity contribution >= 4 is 5.91 Å². The molecule has 16 heavy (non-hydrogen) atoms. The van der Waals surface area contributed by atoms with E-state index < -0.39 is 18.9 Å². The zero-order valence-corrected chi connectivity index (χ0v) is 8.67. The molecule has 0 aliphatic rings. The number of nitrogens with zero attached hydrogens (tertiary/aromatic N) is 2. The zero-order chi connectivity index (χ0) is 12.0. The summed E-state index contributed by atoms with van der Waals surface area (Å²) >= 11 is 0. The number of hydrogen-bond donors (Lipinski definition) is 2. The fourth-order valence-corrected chi connectivity index (χ4v) is 0.932. The lowest BCUT2D eigenvalue weighted by Crippen LogP contribution is -2.28. The molecular weight excluding hydrogens is 222 g/mol. The summed E-state index contributed by atoms with van der Waals surface area (Å²) < 4.78 is 27.9. The predicted octanol–water partition coefficient (Wildman–Crippen LogP) is 0.125. The third-order valence-electron chi connectivity index (χ3n) is 1.58. The van der Waals surface area contributed by atoms with Gasteiger partial charge in [-0.2, -0.15) is 0 Å². The van der Waals surface area contributed by atoms with E-state index in [4.69, 9.17) is 0 Å². The monoisotopic (exact) mass is 234 g/mol. The quantitative estimate of drug-likeness (QED) is 0.685. The van der Waals surface area contributed by atoms with E-state index >= 15 is 0 Å². The summed E-state index contributed by atoms with van der Waals surface area (Å²) in [4.78, 5) is 15.1. The van der Waals surface area contributed by atoms with Gasteiger partial charge in [0.05, 0.1) is 6.61 Å². The first-order valence-electron chi connectivity index (χ1n) is 4.62. The summed E-state index contributed by atoms with van der Waals surface area (Å²) in [6.45, 7) is 1.20. The number of hydrogen-bond acceptors (Lipinski definition) is 4. The molecule has 0 aliphatic carbocycles. The van der Waals surface area contributed by atoms with Crippen molar-refractivity contribution < 1.29 is 18.3 Å². The first-order chi connectivity index (χ1) is 7.59. The molecule has 6 nitrogen and oxygen atoms in total. The minimum absolute atomic E-state index is 0.0198. The van der Waals surface area contributed by atoms with Crippen molar-refractivity contribution in [3.8, 4) is 0 Å². The fourth-order valence-electron chi connectivity index (χ4n) is 0.932. The minimum Gasteiger partial charge on any atom is -0.374 e. The molecule has 0 bridgehead atoms. The highest BCUT2D eigenvalue weighted by Crippen LogP contribution is 1.92. The van der Waals surface area contributed by atoms with Crippen molar-refractivity contribution in [2.75, 3.05) is 19.8 Å². The fraction of sp³-hybridized carbons (Fsp3) is 0.625. The maximum atomic E-state index is 11.7. The number of amides is 1. The molecule has 0 fully saturated rings. The molecule has 1 amide bonds. The van der Waals surface area contributed by atoms with E-state index in [1.165, 1.54) is 0 Å². The predicted molar refractivity (Wildman–Crippen MR) is 50.3 cm³/mol. The Bertz CT molecular complexity index is 343. The highest BCUT2D eigenvalue weighted by Gasteiger charge is 2.10. The van der Waals surface area contributed by atoms with Gasteiger partial charge < -0.3 is 10.1 Å². The van der Waals surface area contributed by atoms with Crippen LogP contribution in [0.5, 0.6) is 0 Å². The molecule has 2 N–H and O–H groups in total. The van der Waals surface area contributed by atoms with Crippen LogP contribution in [-0.2, 0) is 4.74 Å². The number of rotatable bonds is 6. The smallest absolute Gasteiger partial charge is 0.291 e. The lowest BCUT2D eigenvalue weighted by Gasteiger charge is -2.03. The van der Waals surface area contributed by atoms with Crippen LogP contribution in [0.15, 0.2) is 0 Å². The van der Waals surface area contributed by atoms with Crippen LogP contribution in [-0.4, -0.2) is 47.3 Å². The second kappa shape index (κ2) is 6.11. The van der Waals surface area contributed by atoms with Gasteiger partial charge in [0, 0.05) is 6.54 Å². The van der Waals surface area contributed by atoms with E-state index in [1.807, 2.05) is 0 Å². The summed E-state index contributed by atoms with van der Waals surface area (Å²) in [5.41, 5.74) is 0. The molecule has 0 aliphatic heterocycles. The molecule has 0 radical (unpaired) electrons. The number of aryl methyl sites for hydroxylation is 1. The maximum Gasteiger partial charge on any atom is 0.291 e. The Balaban J connectivity index is 2.16. The van der Waals surface area contributed by atoms with Gasteiger partial charge in [0.15, 0.2) is 0 Å². The molecule has 1 rings (SSSR count). The Hall–Kier alpha value is -1.57. The molecule has 1 aromatic heterocycles. The minimum atomic E-state index is -2.49. The van der Waals surface area contributed by atoms with Gasteiger partial charge in [0.1, 0.15) is 12.4 Å². The van der Waals surface area contributed by atoms with Crippen LogP contribution in [0.1, 0.15) is 16.4 Å². The van der Waals surface area contributed by atoms with Crippen LogP contribution in [0.4, 0.5) is 8.78 Å². The SMILES string of the molecule is Cc1nc(C(=O)NCCOCC(F)F)n[nH]1. The Morgan fingerprint density at radius 1 is 1.62 bits per heavy atom. The lowest BCUT2D eigenvalue weighted by atomic mass is 10.5. The van der Waals surface area contributed by atoms with Crippen LogP contribution in [0.2, 0.25) is 0 Å². The summed E-state index contributed by atoms with van der Waals surface area (Å²) in [5, 5.41) is 8.58. The molecule has 0 spiro atoms. The molecule has 1 heterocycles. The van der Waals surface area contributed by atoms with Crippen molar-refractivity contribution in [2.45, 2.75) is 13.3 Å². The van der Waals surface area contributed by atoms with Crippen molar-refractivity contribution in [3.63, 3.8) is 0 Å². The normalized spacial score (nSPS) is 10.8. The molecular formula is C8H12F2N4O2. The van der Waals surface area contributed by atoms with E-state index in [1.54, 1.807) is 6.92 Å². The Morgan fingerprint density at radius 2 is 2.38 bits per heavy atom. The topological polar surface area (TPSA) is 79.9 Å². The molecule has 0 aromatic carbocycles. The van der Waals surface area contributed by atoms with Gasteiger partial charge in [-0.3, -0.25) is 9.89 Å². The standard InChI is InChI=1S/C8H12F2N4O2/c1-5-12-7(14-13-5)8(15)11-2-3-16-4-6(9)10/h6H,2-4H2,1H3,(H,11,15)(H,12,13,14). The molecule has 0 unspecified atom stereocenters. The van der Waals surface area contributed by atoms with Crippen LogP contribution in [0.3, 0.4) is 0 Å². The summed E-state index contributed by atoms with van der Waals surface area (Å²) in [7, 11) is 0. The largest absolute Gasteiger partial charge is 0.374 e. The van der Waals surface area contributed by atoms with Gasteiger partial charge in [-0.1, -0.05) is 0 Å². The van der Waals surface area contributed by atoms with E-state index in [0.29, 0.717) is 5.82 Å². The van der Waals surface area contributed by atoms with E-state index in [-0.39, 0.29) is 19.0 Å². The maximum absolute atomic E-state index is 11.7. The number of aromatic nitrogens is 3. The van der Waals surface area contributed by atoms with Crippen LogP contribution >= 0.6 is 0 Å². The number of aromatic amines is 1. The van der Waals surface area contributed by atoms with Crippen molar-refractivity contribution in [1.29, 1.82) is 0 Å². The number of carbonyl (C=O) groups is 1. The molecule has 90 valence electrons. The van der Waals surface area contributed by atoms with Crippen molar-refractivity contribution in [2.24, 2.45) is 0 Å². The highest BCUT2D eigenvalue weighted by molar-refractivity contribution is 5.90. The lowest BCUT2D eigenvalue weighted by molar-refractivity contribution is 0.0188. The average molecular weight is 234 g/mol. The number of halogens is 2. The van der Waals surface area contributed by atoms with Gasteiger partial charge in [-0.15, -0.1) is 5.10 Å². The van der Waals surface area contributed by atoms with Gasteiger partial charge in [-0.25, -0.2) is 13.8 Å². The molecule has 0 saturated heterocycles. The third-order valence-corrected chi connectivity index (χ3v) is 1.58. The van der Waals surface area contributed by atoms with Crippen molar-refractivity contribution in [3.05, 3.63) is 11.6 Å². The Morgan fingerprint density at radius 3 is 2.94 bits per heavy atom. The van der Waals surface area contributed by atoms with Crippen LogP contribution in [0, 0.1) is 6.92 Å². The molecule has 8 heteroatoms. The highest BCUT2D eigenvalue weighted by atomic mass is 19.3. The average Bonchev–Trinajstić information content (AvgIpc) is 2.63. The first kappa shape index (κ1) is 12.5. The van der Waals surface area contributed by atoms with Crippen molar-refractivity contribution in [1.82, 2.24) is 20.5 Å². The summed E-state index contributed by atoms with van der Waals surface area (Å²) in [5.74, 6) is 0.0791. The number of nitrogens with one attached hydrogen (secondary N) is 2. The second-order valence-electron chi connectivity index (χ2n) is 2.97. The van der Waals surface area contributed by atoms with Crippen LogP contribution < -0.4 is 5.32 Å². The molecule has 1 aromatic rings. The van der Waals surface area contributed by atoms with Gasteiger partial charge in [-0.05, 0) is 6.92 Å². The zero-order valence-electron chi connectivity index (χ0n) is 8.67. The number of ether oxygens (including phenoxy) is 1. The summed E-state index contributed by atoms with van der Waals surface area (Å²) in [6.07, 6.45) is -2.49. The number of carbonyl (C=O) groups excluding carboxylic acids is 1. The molecule has 0 saturated carbocycles.